The average Bonchev–Trinajstić information content (AvgIpc) is 2.49. The molecule has 2 rings (SSSR count). The maximum Gasteiger partial charge on any atom is 0.277 e. The van der Waals surface area contributed by atoms with Gasteiger partial charge in [0.15, 0.2) is 5.71 Å². The second-order valence-electron chi connectivity index (χ2n) is 4.35. The Labute approximate surface area is 126 Å². The van der Waals surface area contributed by atoms with Gasteiger partial charge in [-0.05, 0) is 24.3 Å². The van der Waals surface area contributed by atoms with Crippen LogP contribution in [0.1, 0.15) is 0 Å². The maximum absolute atomic E-state index is 12.8. The summed E-state index contributed by atoms with van der Waals surface area (Å²) >= 11 is 4.87. The van der Waals surface area contributed by atoms with Crippen LogP contribution in [-0.4, -0.2) is 47.8 Å². The van der Waals surface area contributed by atoms with Crippen molar-refractivity contribution < 1.29 is 13.9 Å². The Morgan fingerprint density at radius 3 is 2.52 bits per heavy atom. The number of nitrogens with two attached hydrogens (primary N) is 1. The van der Waals surface area contributed by atoms with Crippen molar-refractivity contribution in [3.8, 4) is 0 Å². The number of rotatable bonds is 4. The van der Waals surface area contributed by atoms with Crippen molar-refractivity contribution in [2.45, 2.75) is 0 Å². The van der Waals surface area contributed by atoms with E-state index in [1.807, 2.05) is 0 Å². The van der Waals surface area contributed by atoms with Crippen LogP contribution in [0.4, 0.5) is 10.1 Å². The summed E-state index contributed by atoms with van der Waals surface area (Å²) in [4.78, 5) is 13.8. The normalized spacial score (nSPS) is 15.7. The predicted octanol–water partition coefficient (Wildman–Crippen LogP) is 0.738. The topological polar surface area (TPSA) is 79.9 Å². The van der Waals surface area contributed by atoms with E-state index < -0.39 is 0 Å². The van der Waals surface area contributed by atoms with Crippen LogP contribution >= 0.6 is 12.2 Å². The SMILES string of the molecule is NC(=S)/C(=N\Nc1ccc(F)cc1)C(=O)N1CCOCC1. The van der Waals surface area contributed by atoms with E-state index in [1.165, 1.54) is 24.3 Å². The van der Waals surface area contributed by atoms with Gasteiger partial charge >= 0.3 is 0 Å². The summed E-state index contributed by atoms with van der Waals surface area (Å²) in [6, 6.07) is 5.55. The molecule has 3 N–H and O–H groups in total. The molecule has 1 saturated heterocycles. The number of morpholine rings is 1. The van der Waals surface area contributed by atoms with E-state index in [4.69, 9.17) is 22.7 Å². The zero-order valence-electron chi connectivity index (χ0n) is 11.2. The molecule has 21 heavy (non-hydrogen) atoms. The zero-order chi connectivity index (χ0) is 15.2. The Kier molecular flexibility index (Phi) is 5.18. The fraction of sp³-hybridized carbons (Fsp3) is 0.308. The quantitative estimate of drug-likeness (QED) is 0.487. The Balaban J connectivity index is 2.10. The molecule has 1 aromatic carbocycles. The minimum absolute atomic E-state index is 0.0313. The first-order valence-corrected chi connectivity index (χ1v) is 6.75. The van der Waals surface area contributed by atoms with Crippen LogP contribution in [0.25, 0.3) is 0 Å². The number of nitrogens with one attached hydrogen (secondary N) is 1. The fourth-order valence-electron chi connectivity index (χ4n) is 1.77. The molecular formula is C13H15FN4O2S. The Morgan fingerprint density at radius 1 is 1.33 bits per heavy atom. The third kappa shape index (κ3) is 4.20. The first-order valence-electron chi connectivity index (χ1n) is 6.34. The number of thiocarbonyl (C=S) groups is 1. The van der Waals surface area contributed by atoms with Crippen molar-refractivity contribution in [3.63, 3.8) is 0 Å². The summed E-state index contributed by atoms with van der Waals surface area (Å²) in [5.74, 6) is -0.705. The average molecular weight is 310 g/mol. The lowest BCUT2D eigenvalue weighted by molar-refractivity contribution is -0.127. The summed E-state index contributed by atoms with van der Waals surface area (Å²) < 4.78 is 18.0. The van der Waals surface area contributed by atoms with Gasteiger partial charge in [0, 0.05) is 13.1 Å². The highest BCUT2D eigenvalue weighted by Crippen LogP contribution is 2.08. The molecule has 0 bridgehead atoms. The van der Waals surface area contributed by atoms with E-state index in [1.54, 1.807) is 4.90 Å². The summed E-state index contributed by atoms with van der Waals surface area (Å²) in [6.07, 6.45) is 0. The molecule has 0 spiro atoms. The molecular weight excluding hydrogens is 295 g/mol. The molecule has 1 amide bonds. The number of hydrogen-bond donors (Lipinski definition) is 2. The van der Waals surface area contributed by atoms with Gasteiger partial charge in [-0.25, -0.2) is 4.39 Å². The molecule has 0 aliphatic carbocycles. The zero-order valence-corrected chi connectivity index (χ0v) is 12.0. The van der Waals surface area contributed by atoms with E-state index in [9.17, 15) is 9.18 Å². The summed E-state index contributed by atoms with van der Waals surface area (Å²) in [5.41, 5.74) is 8.70. The standard InChI is InChI=1S/C13H15FN4O2S/c14-9-1-3-10(4-2-9)16-17-11(12(15)21)13(19)18-5-7-20-8-6-18/h1-4,16H,5-8H2,(H2,15,21)/b17-11+. The molecule has 0 unspecified atom stereocenters. The van der Waals surface area contributed by atoms with Crippen LogP contribution in [-0.2, 0) is 9.53 Å². The smallest absolute Gasteiger partial charge is 0.277 e. The lowest BCUT2D eigenvalue weighted by Crippen LogP contribution is -2.47. The Hall–Kier alpha value is -2.06. The highest BCUT2D eigenvalue weighted by molar-refractivity contribution is 7.82. The number of carbonyl (C=O) groups excluding carboxylic acids is 1. The number of hydrazone groups is 1. The maximum atomic E-state index is 12.8. The molecule has 1 aliphatic rings. The molecule has 1 heterocycles. The number of amides is 1. The van der Waals surface area contributed by atoms with Crippen LogP contribution in [0, 0.1) is 5.82 Å². The number of anilines is 1. The van der Waals surface area contributed by atoms with Gasteiger partial charge in [-0.2, -0.15) is 5.10 Å². The molecule has 1 fully saturated rings. The van der Waals surface area contributed by atoms with Gasteiger partial charge in [0.05, 0.1) is 18.9 Å². The second-order valence-corrected chi connectivity index (χ2v) is 4.79. The third-order valence-corrected chi connectivity index (χ3v) is 3.07. The highest BCUT2D eigenvalue weighted by atomic mass is 32.1. The van der Waals surface area contributed by atoms with Crippen LogP contribution in [0.15, 0.2) is 29.4 Å². The van der Waals surface area contributed by atoms with E-state index in [0.717, 1.165) is 0 Å². The lowest BCUT2D eigenvalue weighted by Gasteiger charge is -2.26. The van der Waals surface area contributed by atoms with E-state index >= 15 is 0 Å². The number of ether oxygens (including phenoxy) is 1. The van der Waals surface area contributed by atoms with Gasteiger partial charge in [-0.15, -0.1) is 0 Å². The summed E-state index contributed by atoms with van der Waals surface area (Å²) in [5, 5.41) is 3.94. The molecule has 1 aliphatic heterocycles. The van der Waals surface area contributed by atoms with E-state index in [0.29, 0.717) is 32.0 Å². The van der Waals surface area contributed by atoms with Gasteiger partial charge in [0.25, 0.3) is 5.91 Å². The Morgan fingerprint density at radius 2 is 1.95 bits per heavy atom. The molecule has 0 atom stereocenters. The molecule has 112 valence electrons. The number of halogens is 1. The van der Waals surface area contributed by atoms with Crippen molar-refractivity contribution in [3.05, 3.63) is 30.1 Å². The first kappa shape index (κ1) is 15.3. The Bertz CT molecular complexity index is 556. The molecule has 0 radical (unpaired) electrons. The fourth-order valence-corrected chi connectivity index (χ4v) is 1.90. The van der Waals surface area contributed by atoms with Crippen molar-refractivity contribution in [1.82, 2.24) is 4.90 Å². The van der Waals surface area contributed by atoms with Gasteiger partial charge in [0.2, 0.25) is 0 Å². The third-order valence-electron chi connectivity index (χ3n) is 2.88. The lowest BCUT2D eigenvalue weighted by atomic mass is 10.3. The minimum Gasteiger partial charge on any atom is -0.388 e. The molecule has 0 saturated carbocycles. The second kappa shape index (κ2) is 7.09. The van der Waals surface area contributed by atoms with Crippen LogP contribution < -0.4 is 11.2 Å². The molecule has 6 nitrogen and oxygen atoms in total. The van der Waals surface area contributed by atoms with Crippen molar-refractivity contribution in [2.75, 3.05) is 31.7 Å². The van der Waals surface area contributed by atoms with Gasteiger partial charge in [-0.3, -0.25) is 10.2 Å². The van der Waals surface area contributed by atoms with Crippen molar-refractivity contribution in [1.29, 1.82) is 0 Å². The van der Waals surface area contributed by atoms with Crippen LogP contribution in [0.2, 0.25) is 0 Å². The van der Waals surface area contributed by atoms with Crippen molar-refractivity contribution >= 4 is 34.5 Å². The number of nitrogens with zero attached hydrogens (tertiary/aromatic N) is 2. The van der Waals surface area contributed by atoms with Crippen molar-refractivity contribution in [2.24, 2.45) is 10.8 Å². The van der Waals surface area contributed by atoms with E-state index in [-0.39, 0.29) is 22.4 Å². The molecule has 1 aromatic rings. The summed E-state index contributed by atoms with van der Waals surface area (Å²) in [7, 11) is 0. The molecule has 8 heteroatoms. The highest BCUT2D eigenvalue weighted by Gasteiger charge is 2.23. The van der Waals surface area contributed by atoms with Crippen LogP contribution in [0.5, 0.6) is 0 Å². The largest absolute Gasteiger partial charge is 0.388 e. The van der Waals surface area contributed by atoms with Crippen LogP contribution in [0.3, 0.4) is 0 Å². The van der Waals surface area contributed by atoms with Gasteiger partial charge in [-0.1, -0.05) is 12.2 Å². The number of benzene rings is 1. The minimum atomic E-state index is -0.358. The predicted molar refractivity (Wildman–Crippen MR) is 81.6 cm³/mol. The number of carbonyl (C=O) groups is 1. The monoisotopic (exact) mass is 310 g/mol. The van der Waals surface area contributed by atoms with E-state index in [2.05, 4.69) is 10.5 Å². The van der Waals surface area contributed by atoms with Gasteiger partial charge < -0.3 is 15.4 Å². The molecule has 0 aromatic heterocycles. The number of hydrogen-bond acceptors (Lipinski definition) is 5. The van der Waals surface area contributed by atoms with Gasteiger partial charge in [0.1, 0.15) is 10.8 Å². The summed E-state index contributed by atoms with van der Waals surface area (Å²) in [6.45, 7) is 1.89. The first-order chi connectivity index (χ1) is 10.1.